The minimum Gasteiger partial charge on any atom is -0.508 e. The average Bonchev–Trinajstić information content (AvgIpc) is 3.15. The van der Waals surface area contributed by atoms with Crippen molar-refractivity contribution in [3.05, 3.63) is 81.9 Å². The molecule has 0 amide bonds. The van der Waals surface area contributed by atoms with Gasteiger partial charge in [-0.2, -0.15) is 0 Å². The molecule has 0 bridgehead atoms. The van der Waals surface area contributed by atoms with E-state index in [0.29, 0.717) is 30.5 Å². The maximum atomic E-state index is 13.5. The lowest BCUT2D eigenvalue weighted by Gasteiger charge is -2.36. The first-order valence-corrected chi connectivity index (χ1v) is 11.7. The third-order valence-corrected chi connectivity index (χ3v) is 6.73. The molecule has 7 N–H and O–H groups in total. The van der Waals surface area contributed by atoms with E-state index in [2.05, 4.69) is 0 Å². The number of phenols is 2. The molecule has 37 heavy (non-hydrogen) atoms. The molecule has 1 spiro atoms. The Kier molecular flexibility index (Phi) is 5.85. The number of hydrogen-bond donors (Lipinski definition) is 5. The molecule has 2 aliphatic heterocycles. The van der Waals surface area contributed by atoms with E-state index in [0.717, 1.165) is 0 Å². The molecule has 2 heterocycles. The van der Waals surface area contributed by atoms with Crippen LogP contribution in [0.3, 0.4) is 0 Å². The predicted octanol–water partition coefficient (Wildman–Crippen LogP) is 3.00. The van der Waals surface area contributed by atoms with Crippen LogP contribution in [0.5, 0.6) is 23.0 Å². The molecule has 0 saturated heterocycles. The van der Waals surface area contributed by atoms with Crippen LogP contribution in [-0.2, 0) is 10.3 Å². The van der Waals surface area contributed by atoms with Gasteiger partial charge in [0.15, 0.2) is 11.4 Å². The lowest BCUT2D eigenvalue weighted by molar-refractivity contribution is 0.0223. The molecule has 0 aromatic heterocycles. The first kappa shape index (κ1) is 24.3. The molecule has 0 aliphatic carbocycles. The van der Waals surface area contributed by atoms with Crippen LogP contribution in [0.4, 0.5) is 0 Å². The molecule has 5 rings (SSSR count). The Bertz CT molecular complexity index is 1410. The fourth-order valence-electron chi connectivity index (χ4n) is 5.05. The van der Waals surface area contributed by atoms with Gasteiger partial charge in [0, 0.05) is 34.4 Å². The number of unbranched alkanes of at least 4 members (excludes halogenated alkanes) is 1. The number of aromatic carboxylic acids is 1. The number of carboxylic acids is 1. The number of ketones is 1. The summed E-state index contributed by atoms with van der Waals surface area (Å²) >= 11 is 0. The summed E-state index contributed by atoms with van der Waals surface area (Å²) in [5.74, 6) is -2.89. The minimum atomic E-state index is -1.63. The number of benzene rings is 3. The largest absolute Gasteiger partial charge is 0.508 e. The van der Waals surface area contributed by atoms with Crippen molar-refractivity contribution in [1.82, 2.24) is 0 Å². The minimum absolute atomic E-state index is 0.109. The van der Waals surface area contributed by atoms with E-state index in [-0.39, 0.29) is 51.7 Å². The van der Waals surface area contributed by atoms with Gasteiger partial charge in [0.05, 0.1) is 17.2 Å². The molecule has 0 fully saturated rings. The van der Waals surface area contributed by atoms with E-state index in [9.17, 15) is 29.7 Å². The van der Waals surface area contributed by atoms with Crippen LogP contribution in [0, 0.1) is 0 Å². The van der Waals surface area contributed by atoms with Crippen LogP contribution >= 0.6 is 0 Å². The van der Waals surface area contributed by atoms with Crippen LogP contribution in [0.25, 0.3) is 0 Å². The molecule has 2 aliphatic rings. The fourth-order valence-corrected chi connectivity index (χ4v) is 5.05. The molecule has 0 unspecified atom stereocenters. The van der Waals surface area contributed by atoms with Gasteiger partial charge in [0.25, 0.3) is 0 Å². The number of rotatable bonds is 7. The van der Waals surface area contributed by atoms with Crippen LogP contribution in [-0.4, -0.2) is 45.6 Å². The van der Waals surface area contributed by atoms with Gasteiger partial charge in [0.1, 0.15) is 23.0 Å². The van der Waals surface area contributed by atoms with Gasteiger partial charge in [0.2, 0.25) is 0 Å². The molecule has 190 valence electrons. The number of Topliss-reactive ketones (excluding diaryl/α,β-unsaturated/α-hetero) is 1. The second kappa shape index (κ2) is 8.91. The number of hydrogen-bond acceptors (Lipinski definition) is 9. The Morgan fingerprint density at radius 1 is 0.919 bits per heavy atom. The number of carbonyl (C=O) groups excluding carboxylic acids is 2. The molecule has 0 saturated carbocycles. The topological polar surface area (TPSA) is 182 Å². The van der Waals surface area contributed by atoms with Crippen molar-refractivity contribution >= 4 is 17.7 Å². The molecule has 10 nitrogen and oxygen atoms in total. The second-order valence-corrected chi connectivity index (χ2v) is 9.00. The van der Waals surface area contributed by atoms with E-state index < -0.39 is 29.4 Å². The van der Waals surface area contributed by atoms with Crippen molar-refractivity contribution in [3.8, 4) is 23.0 Å². The summed E-state index contributed by atoms with van der Waals surface area (Å²) in [5.41, 5.74) is 10.1. The van der Waals surface area contributed by atoms with Crippen LogP contribution in [0.2, 0.25) is 0 Å². The van der Waals surface area contributed by atoms with Crippen molar-refractivity contribution in [2.75, 3.05) is 6.54 Å². The van der Waals surface area contributed by atoms with Crippen molar-refractivity contribution < 1.29 is 39.2 Å². The second-order valence-electron chi connectivity index (χ2n) is 9.00. The maximum Gasteiger partial charge on any atom is 0.340 e. The molecular formula is C27H24N2O8. The first-order chi connectivity index (χ1) is 17.7. The number of esters is 1. The highest BCUT2D eigenvalue weighted by Gasteiger charge is 2.55. The third-order valence-electron chi connectivity index (χ3n) is 6.73. The fraction of sp³-hybridized carbons (Fsp3) is 0.222. The molecule has 0 radical (unpaired) electrons. The highest BCUT2D eigenvalue weighted by atomic mass is 16.6. The van der Waals surface area contributed by atoms with Crippen LogP contribution in [0.1, 0.15) is 67.0 Å². The molecule has 10 heteroatoms. The zero-order valence-corrected chi connectivity index (χ0v) is 19.6. The zero-order valence-electron chi connectivity index (χ0n) is 19.6. The molecular weight excluding hydrogens is 480 g/mol. The smallest absolute Gasteiger partial charge is 0.340 e. The third kappa shape index (κ3) is 3.69. The number of ether oxygens (including phenoxy) is 2. The van der Waals surface area contributed by atoms with Gasteiger partial charge in [-0.25, -0.2) is 9.59 Å². The van der Waals surface area contributed by atoms with Crippen LogP contribution < -0.4 is 16.2 Å². The Labute approximate surface area is 211 Å². The van der Waals surface area contributed by atoms with Gasteiger partial charge in [-0.1, -0.05) is 12.5 Å². The summed E-state index contributed by atoms with van der Waals surface area (Å²) in [6.45, 7) is 0.420. The SMILES string of the molecule is NCCCC[C@H](N)C(=O)c1c(C(=O)O)ccc2c1C(=O)OC21c2ccc(O)cc2Oc2cc(O)ccc21. The molecule has 3 aromatic carbocycles. The summed E-state index contributed by atoms with van der Waals surface area (Å²) < 4.78 is 11.9. The van der Waals surface area contributed by atoms with E-state index >= 15 is 0 Å². The standard InChI is InChI=1S/C27H24N2O8/c28-10-2-1-3-19(29)24(32)22-15(25(33)34)6-9-18-23(22)26(35)37-27(18)16-7-4-13(30)11-20(16)36-21-12-14(31)5-8-17(21)27/h4-9,11-12,19,30-31H,1-3,10,28-29H2,(H,33,34)/t19-/m0/s1. The van der Waals surface area contributed by atoms with E-state index in [1.807, 2.05) is 0 Å². The maximum absolute atomic E-state index is 13.5. The Morgan fingerprint density at radius 2 is 1.51 bits per heavy atom. The summed E-state index contributed by atoms with van der Waals surface area (Å²) in [6.07, 6.45) is 1.45. The van der Waals surface area contributed by atoms with Crippen molar-refractivity contribution in [3.63, 3.8) is 0 Å². The van der Waals surface area contributed by atoms with Crippen LogP contribution in [0.15, 0.2) is 48.5 Å². The highest BCUT2D eigenvalue weighted by Crippen LogP contribution is 2.57. The number of fused-ring (bicyclic) bond motifs is 6. The van der Waals surface area contributed by atoms with E-state index in [1.165, 1.54) is 48.5 Å². The number of phenolic OH excluding ortho intramolecular Hbond substituents is 2. The lowest BCUT2D eigenvalue weighted by Crippen LogP contribution is -2.34. The van der Waals surface area contributed by atoms with Gasteiger partial charge in [-0.05, 0) is 49.7 Å². The van der Waals surface area contributed by atoms with Gasteiger partial charge in [-0.15, -0.1) is 0 Å². The van der Waals surface area contributed by atoms with Gasteiger partial charge < -0.3 is 36.3 Å². The number of carbonyl (C=O) groups is 3. The van der Waals surface area contributed by atoms with Crippen molar-refractivity contribution in [2.45, 2.75) is 30.9 Å². The number of nitrogens with two attached hydrogens (primary N) is 2. The summed E-state index contributed by atoms with van der Waals surface area (Å²) in [4.78, 5) is 39.1. The Balaban J connectivity index is 1.78. The Hall–Kier alpha value is -4.41. The number of carboxylic acid groups (broad SMARTS) is 1. The highest BCUT2D eigenvalue weighted by molar-refractivity contribution is 6.16. The monoisotopic (exact) mass is 504 g/mol. The van der Waals surface area contributed by atoms with Gasteiger partial charge in [-0.3, -0.25) is 4.79 Å². The summed E-state index contributed by atoms with van der Waals surface area (Å²) in [5, 5.41) is 30.0. The average molecular weight is 504 g/mol. The van der Waals surface area contributed by atoms with Crippen molar-refractivity contribution in [2.24, 2.45) is 11.5 Å². The zero-order chi connectivity index (χ0) is 26.5. The van der Waals surface area contributed by atoms with E-state index in [1.54, 1.807) is 0 Å². The lowest BCUT2D eigenvalue weighted by atomic mass is 9.76. The molecule has 1 atom stereocenters. The predicted molar refractivity (Wildman–Crippen MR) is 130 cm³/mol. The van der Waals surface area contributed by atoms with Crippen molar-refractivity contribution in [1.29, 1.82) is 0 Å². The number of aromatic hydroxyl groups is 2. The summed E-state index contributed by atoms with van der Waals surface area (Å²) in [7, 11) is 0. The first-order valence-electron chi connectivity index (χ1n) is 11.7. The normalized spacial score (nSPS) is 15.2. The molecule has 3 aromatic rings. The van der Waals surface area contributed by atoms with E-state index in [4.69, 9.17) is 20.9 Å². The van der Waals surface area contributed by atoms with Gasteiger partial charge >= 0.3 is 11.9 Å². The summed E-state index contributed by atoms with van der Waals surface area (Å²) in [6, 6.07) is 10.1. The quantitative estimate of drug-likeness (QED) is 0.182. The Morgan fingerprint density at radius 3 is 2.08 bits per heavy atom.